The fourth-order valence-corrected chi connectivity index (χ4v) is 3.01. The van der Waals surface area contributed by atoms with Gasteiger partial charge in [0.25, 0.3) is 0 Å². The van der Waals surface area contributed by atoms with E-state index in [4.69, 9.17) is 30.3 Å². The highest BCUT2D eigenvalue weighted by molar-refractivity contribution is 6.30. The van der Waals surface area contributed by atoms with Crippen LogP contribution in [0.15, 0.2) is 47.0 Å². The summed E-state index contributed by atoms with van der Waals surface area (Å²) in [6.07, 6.45) is 0.115. The van der Waals surface area contributed by atoms with Gasteiger partial charge in [-0.1, -0.05) is 22.8 Å². The standard InChI is InChI=1S/C21H22ClN3O5/c1-27-17-9-6-14(10-18(17)28-2)16(11-20(26)29-3)23-12-19-24-21(25-30-19)13-4-7-15(22)8-5-13/h4-10,16,23H,11-12H2,1-3H3/t16-/m1/s1. The predicted molar refractivity (Wildman–Crippen MR) is 111 cm³/mol. The summed E-state index contributed by atoms with van der Waals surface area (Å²) >= 11 is 5.91. The Morgan fingerprint density at radius 2 is 1.83 bits per heavy atom. The van der Waals surface area contributed by atoms with Crippen molar-refractivity contribution in [2.75, 3.05) is 21.3 Å². The number of esters is 1. The van der Waals surface area contributed by atoms with Crippen molar-refractivity contribution in [3.63, 3.8) is 0 Å². The maximum atomic E-state index is 11.9. The Balaban J connectivity index is 1.76. The third kappa shape index (κ3) is 5.28. The van der Waals surface area contributed by atoms with Crippen molar-refractivity contribution in [2.45, 2.75) is 19.0 Å². The van der Waals surface area contributed by atoms with E-state index in [1.54, 1.807) is 32.4 Å². The number of carbonyl (C=O) groups is 1. The van der Waals surface area contributed by atoms with E-state index in [1.165, 1.54) is 7.11 Å². The summed E-state index contributed by atoms with van der Waals surface area (Å²) in [6.45, 7) is 0.261. The molecule has 0 fully saturated rings. The molecule has 0 amide bonds. The molecule has 9 heteroatoms. The Morgan fingerprint density at radius 3 is 2.50 bits per heavy atom. The van der Waals surface area contributed by atoms with Crippen molar-refractivity contribution in [3.8, 4) is 22.9 Å². The predicted octanol–water partition coefficient (Wildman–Crippen LogP) is 3.80. The number of carbonyl (C=O) groups excluding carboxylic acids is 1. The first-order chi connectivity index (χ1) is 14.5. The van der Waals surface area contributed by atoms with Crippen molar-refractivity contribution in [2.24, 2.45) is 0 Å². The second kappa shape index (κ2) is 10.1. The van der Waals surface area contributed by atoms with Gasteiger partial charge in [0.15, 0.2) is 11.5 Å². The summed E-state index contributed by atoms with van der Waals surface area (Å²) in [5, 5.41) is 7.89. The molecule has 158 valence electrons. The molecular formula is C21H22ClN3O5. The molecule has 3 aromatic rings. The van der Waals surface area contributed by atoms with Gasteiger partial charge < -0.3 is 24.1 Å². The molecule has 8 nitrogen and oxygen atoms in total. The van der Waals surface area contributed by atoms with Gasteiger partial charge in [-0.15, -0.1) is 0 Å². The van der Waals surface area contributed by atoms with Gasteiger partial charge in [-0.05, 0) is 42.0 Å². The van der Waals surface area contributed by atoms with E-state index in [0.29, 0.717) is 28.2 Å². The number of halogens is 1. The molecule has 3 rings (SSSR count). The normalized spacial score (nSPS) is 11.7. The Morgan fingerprint density at radius 1 is 1.10 bits per heavy atom. The maximum Gasteiger partial charge on any atom is 0.307 e. The number of ether oxygens (including phenoxy) is 3. The van der Waals surface area contributed by atoms with E-state index in [1.807, 2.05) is 24.3 Å². The first kappa shape index (κ1) is 21.6. The van der Waals surface area contributed by atoms with Gasteiger partial charge in [0.2, 0.25) is 11.7 Å². The van der Waals surface area contributed by atoms with Crippen LogP contribution >= 0.6 is 11.6 Å². The Hall–Kier alpha value is -3.10. The zero-order valence-corrected chi connectivity index (χ0v) is 17.6. The van der Waals surface area contributed by atoms with Gasteiger partial charge in [-0.25, -0.2) is 0 Å². The Labute approximate surface area is 179 Å². The topological polar surface area (TPSA) is 95.7 Å². The van der Waals surface area contributed by atoms with Crippen molar-refractivity contribution < 1.29 is 23.5 Å². The van der Waals surface area contributed by atoms with Crippen molar-refractivity contribution >= 4 is 17.6 Å². The van der Waals surface area contributed by atoms with Gasteiger partial charge in [0.05, 0.1) is 34.3 Å². The minimum Gasteiger partial charge on any atom is -0.493 e. The highest BCUT2D eigenvalue weighted by Crippen LogP contribution is 2.31. The van der Waals surface area contributed by atoms with Crippen LogP contribution in [-0.4, -0.2) is 37.4 Å². The zero-order valence-electron chi connectivity index (χ0n) is 16.8. The highest BCUT2D eigenvalue weighted by Gasteiger charge is 2.19. The van der Waals surface area contributed by atoms with E-state index >= 15 is 0 Å². The molecule has 0 saturated carbocycles. The second-order valence-electron chi connectivity index (χ2n) is 6.35. The van der Waals surface area contributed by atoms with E-state index in [0.717, 1.165) is 11.1 Å². The maximum absolute atomic E-state index is 11.9. The molecule has 0 spiro atoms. The van der Waals surface area contributed by atoms with Crippen molar-refractivity contribution in [1.29, 1.82) is 0 Å². The molecule has 0 aliphatic heterocycles. The summed E-state index contributed by atoms with van der Waals surface area (Å²) in [6, 6.07) is 12.2. The van der Waals surface area contributed by atoms with E-state index in [-0.39, 0.29) is 25.0 Å². The highest BCUT2D eigenvalue weighted by atomic mass is 35.5. The minimum atomic E-state index is -0.358. The first-order valence-electron chi connectivity index (χ1n) is 9.14. The van der Waals surface area contributed by atoms with Crippen LogP contribution in [-0.2, 0) is 16.1 Å². The molecule has 2 aromatic carbocycles. The molecule has 0 bridgehead atoms. The number of rotatable bonds is 9. The third-order valence-electron chi connectivity index (χ3n) is 4.48. The molecular weight excluding hydrogens is 410 g/mol. The molecule has 1 atom stereocenters. The van der Waals surface area contributed by atoms with Crippen LogP contribution in [0.4, 0.5) is 0 Å². The summed E-state index contributed by atoms with van der Waals surface area (Å²) in [7, 11) is 4.47. The second-order valence-corrected chi connectivity index (χ2v) is 6.78. The number of hydrogen-bond donors (Lipinski definition) is 1. The number of nitrogens with one attached hydrogen (secondary N) is 1. The first-order valence-corrected chi connectivity index (χ1v) is 9.52. The molecule has 0 saturated heterocycles. The monoisotopic (exact) mass is 431 g/mol. The lowest BCUT2D eigenvalue weighted by atomic mass is 10.0. The zero-order chi connectivity index (χ0) is 21.5. The number of aromatic nitrogens is 2. The third-order valence-corrected chi connectivity index (χ3v) is 4.73. The van der Waals surface area contributed by atoms with Crippen LogP contribution < -0.4 is 14.8 Å². The molecule has 1 N–H and O–H groups in total. The van der Waals surface area contributed by atoms with E-state index in [2.05, 4.69) is 15.5 Å². The average molecular weight is 432 g/mol. The fourth-order valence-electron chi connectivity index (χ4n) is 2.88. The van der Waals surface area contributed by atoms with Crippen molar-refractivity contribution in [1.82, 2.24) is 15.5 Å². The number of benzene rings is 2. The van der Waals surface area contributed by atoms with Crippen molar-refractivity contribution in [3.05, 3.63) is 58.9 Å². The molecule has 0 aliphatic carbocycles. The van der Waals surface area contributed by atoms with E-state index < -0.39 is 0 Å². The van der Waals surface area contributed by atoms with Gasteiger partial charge in [0, 0.05) is 16.6 Å². The number of methoxy groups -OCH3 is 3. The van der Waals surface area contributed by atoms with Gasteiger partial charge in [0.1, 0.15) is 0 Å². The molecule has 0 radical (unpaired) electrons. The van der Waals surface area contributed by atoms with Gasteiger partial charge in [-0.3, -0.25) is 4.79 Å². The molecule has 30 heavy (non-hydrogen) atoms. The molecule has 0 aliphatic rings. The summed E-state index contributed by atoms with van der Waals surface area (Å²) < 4.78 is 20.8. The lowest BCUT2D eigenvalue weighted by molar-refractivity contribution is -0.141. The number of nitrogens with zero attached hydrogens (tertiary/aromatic N) is 2. The SMILES string of the molecule is COC(=O)C[C@@H](NCc1nc(-c2ccc(Cl)cc2)no1)c1ccc(OC)c(OC)c1. The molecule has 0 unspecified atom stereocenters. The number of hydrogen-bond acceptors (Lipinski definition) is 8. The van der Waals surface area contributed by atoms with Gasteiger partial charge in [-0.2, -0.15) is 4.98 Å². The minimum absolute atomic E-state index is 0.115. The average Bonchev–Trinajstić information content (AvgIpc) is 3.25. The van der Waals surface area contributed by atoms with Crippen LogP contribution in [0, 0.1) is 0 Å². The fraction of sp³-hybridized carbons (Fsp3) is 0.286. The molecule has 1 heterocycles. The lowest BCUT2D eigenvalue weighted by Gasteiger charge is -2.19. The smallest absolute Gasteiger partial charge is 0.307 e. The Kier molecular flexibility index (Phi) is 7.26. The van der Waals surface area contributed by atoms with Gasteiger partial charge >= 0.3 is 5.97 Å². The quantitative estimate of drug-likeness (QED) is 0.511. The largest absolute Gasteiger partial charge is 0.493 e. The summed E-state index contributed by atoms with van der Waals surface area (Å²) in [5.41, 5.74) is 1.62. The van der Waals surface area contributed by atoms with Crippen LogP contribution in [0.1, 0.15) is 23.9 Å². The summed E-state index contributed by atoms with van der Waals surface area (Å²) in [4.78, 5) is 16.3. The lowest BCUT2D eigenvalue weighted by Crippen LogP contribution is -2.24. The Bertz CT molecular complexity index is 991. The van der Waals surface area contributed by atoms with Crippen LogP contribution in [0.3, 0.4) is 0 Å². The van der Waals surface area contributed by atoms with Crippen LogP contribution in [0.2, 0.25) is 5.02 Å². The van der Waals surface area contributed by atoms with E-state index in [9.17, 15) is 4.79 Å². The van der Waals surface area contributed by atoms with Crippen LogP contribution in [0.25, 0.3) is 11.4 Å². The molecule has 1 aromatic heterocycles. The van der Waals surface area contributed by atoms with Crippen LogP contribution in [0.5, 0.6) is 11.5 Å². The summed E-state index contributed by atoms with van der Waals surface area (Å²) in [5.74, 6) is 1.65.